The molecule has 0 aliphatic heterocycles. The van der Waals surface area contributed by atoms with Gasteiger partial charge in [-0.25, -0.2) is 0 Å². The lowest BCUT2D eigenvalue weighted by molar-refractivity contribution is 0.0952. The molecule has 0 saturated heterocycles. The molecule has 1 aromatic carbocycles. The van der Waals surface area contributed by atoms with Crippen molar-refractivity contribution in [2.45, 2.75) is 6.92 Å². The molecule has 5 nitrogen and oxygen atoms in total. The van der Waals surface area contributed by atoms with Crippen molar-refractivity contribution in [2.24, 2.45) is 0 Å². The van der Waals surface area contributed by atoms with Crippen molar-refractivity contribution in [2.75, 3.05) is 5.73 Å². The number of rotatable bonds is 2. The molecule has 0 saturated carbocycles. The Balaban J connectivity index is 2.01. The molecule has 0 aliphatic carbocycles. The van der Waals surface area contributed by atoms with E-state index in [4.69, 9.17) is 5.73 Å². The number of nitrogen functional groups attached to an aromatic ring is 1. The number of carbonyl (C=O) groups is 1. The van der Waals surface area contributed by atoms with Gasteiger partial charge in [0, 0.05) is 5.56 Å². The fourth-order valence-corrected chi connectivity index (χ4v) is 2.53. The number of nitrogens with two attached hydrogens (primary N) is 1. The van der Waals surface area contributed by atoms with E-state index in [1.807, 2.05) is 42.6 Å². The predicted molar refractivity (Wildman–Crippen MR) is 78.7 cm³/mol. The van der Waals surface area contributed by atoms with Crippen molar-refractivity contribution < 1.29 is 4.79 Å². The van der Waals surface area contributed by atoms with Crippen molar-refractivity contribution in [1.82, 2.24) is 14.8 Å². The molecule has 3 rings (SSSR count). The predicted octanol–water partition coefficient (Wildman–Crippen LogP) is 2.59. The minimum Gasteiger partial charge on any atom is -0.368 e. The first-order valence-corrected chi connectivity index (χ1v) is 6.91. The Bertz CT molecular complexity index is 761. The quantitative estimate of drug-likeness (QED) is 0.785. The minimum absolute atomic E-state index is 0.0971. The normalized spacial score (nSPS) is 10.7. The van der Waals surface area contributed by atoms with Crippen molar-refractivity contribution in [3.63, 3.8) is 0 Å². The SMILES string of the molecule is Cc1cccc(-c2nc(N)n(C(=O)c3cccs3)n2)c1. The van der Waals surface area contributed by atoms with Gasteiger partial charge in [0.25, 0.3) is 5.91 Å². The first-order chi connectivity index (χ1) is 9.65. The smallest absolute Gasteiger partial charge is 0.291 e. The van der Waals surface area contributed by atoms with Gasteiger partial charge in [-0.15, -0.1) is 16.4 Å². The van der Waals surface area contributed by atoms with Crippen LogP contribution in [0.1, 0.15) is 15.2 Å². The molecule has 0 spiro atoms. The summed E-state index contributed by atoms with van der Waals surface area (Å²) in [6.07, 6.45) is 0. The number of nitrogens with zero attached hydrogens (tertiary/aromatic N) is 3. The first kappa shape index (κ1) is 12.6. The Hall–Kier alpha value is -2.47. The van der Waals surface area contributed by atoms with Crippen LogP contribution in [0, 0.1) is 6.92 Å². The summed E-state index contributed by atoms with van der Waals surface area (Å²) in [6.45, 7) is 1.99. The molecule has 2 heterocycles. The van der Waals surface area contributed by atoms with Crippen LogP contribution in [-0.4, -0.2) is 20.7 Å². The largest absolute Gasteiger partial charge is 0.368 e. The summed E-state index contributed by atoms with van der Waals surface area (Å²) in [6, 6.07) is 11.3. The number of aromatic nitrogens is 3. The van der Waals surface area contributed by atoms with Gasteiger partial charge in [0.05, 0.1) is 4.88 Å². The number of benzene rings is 1. The highest BCUT2D eigenvalue weighted by Gasteiger charge is 2.17. The van der Waals surface area contributed by atoms with Crippen LogP contribution in [0.5, 0.6) is 0 Å². The molecule has 0 fully saturated rings. The van der Waals surface area contributed by atoms with Gasteiger partial charge in [-0.2, -0.15) is 9.67 Å². The first-order valence-electron chi connectivity index (χ1n) is 6.03. The lowest BCUT2D eigenvalue weighted by Gasteiger charge is -1.98. The molecular weight excluding hydrogens is 272 g/mol. The standard InChI is InChI=1S/C14H12N4OS/c1-9-4-2-5-10(8-9)12-16-14(15)18(17-12)13(19)11-6-3-7-20-11/h2-8H,1H3,(H2,15,16,17). The maximum Gasteiger partial charge on any atom is 0.291 e. The van der Waals surface area contributed by atoms with Crippen molar-refractivity contribution >= 4 is 23.2 Å². The lowest BCUT2D eigenvalue weighted by atomic mass is 10.1. The molecule has 100 valence electrons. The molecule has 20 heavy (non-hydrogen) atoms. The number of carbonyl (C=O) groups excluding carboxylic acids is 1. The Morgan fingerprint density at radius 3 is 2.85 bits per heavy atom. The minimum atomic E-state index is -0.260. The number of aryl methyl sites for hydroxylation is 1. The van der Waals surface area contributed by atoms with Gasteiger partial charge >= 0.3 is 0 Å². The number of hydrogen-bond donors (Lipinski definition) is 1. The van der Waals surface area contributed by atoms with E-state index < -0.39 is 0 Å². The molecule has 6 heteroatoms. The Morgan fingerprint density at radius 1 is 1.30 bits per heavy atom. The van der Waals surface area contributed by atoms with Gasteiger partial charge in [0.2, 0.25) is 5.95 Å². The second kappa shape index (κ2) is 4.90. The van der Waals surface area contributed by atoms with Crippen molar-refractivity contribution in [1.29, 1.82) is 0 Å². The average molecular weight is 284 g/mol. The molecule has 0 aliphatic rings. The fourth-order valence-electron chi connectivity index (χ4n) is 1.88. The van der Waals surface area contributed by atoms with Crippen LogP contribution in [0.25, 0.3) is 11.4 Å². The zero-order chi connectivity index (χ0) is 14.1. The molecule has 3 aromatic rings. The van der Waals surface area contributed by atoms with Gasteiger partial charge in [-0.1, -0.05) is 29.8 Å². The zero-order valence-corrected chi connectivity index (χ0v) is 11.6. The highest BCUT2D eigenvalue weighted by Crippen LogP contribution is 2.19. The zero-order valence-electron chi connectivity index (χ0n) is 10.8. The van der Waals surface area contributed by atoms with E-state index in [0.717, 1.165) is 15.8 Å². The summed E-state index contributed by atoms with van der Waals surface area (Å²) in [4.78, 5) is 17.0. The third-order valence-corrected chi connectivity index (χ3v) is 3.69. The number of anilines is 1. The van der Waals surface area contributed by atoms with Gasteiger partial charge in [-0.05, 0) is 24.4 Å². The Morgan fingerprint density at radius 2 is 2.15 bits per heavy atom. The third kappa shape index (κ3) is 2.21. The molecule has 2 aromatic heterocycles. The van der Waals surface area contributed by atoms with E-state index in [-0.39, 0.29) is 11.9 Å². The van der Waals surface area contributed by atoms with Crippen LogP contribution in [0.4, 0.5) is 5.95 Å². The lowest BCUT2D eigenvalue weighted by Crippen LogP contribution is -2.15. The fraction of sp³-hybridized carbons (Fsp3) is 0.0714. The van der Waals surface area contributed by atoms with E-state index >= 15 is 0 Å². The van der Waals surface area contributed by atoms with Crippen LogP contribution in [-0.2, 0) is 0 Å². The maximum atomic E-state index is 12.2. The molecule has 0 bridgehead atoms. The molecule has 0 radical (unpaired) electrons. The number of thiophene rings is 1. The molecule has 0 amide bonds. The molecule has 0 unspecified atom stereocenters. The summed E-state index contributed by atoms with van der Waals surface area (Å²) < 4.78 is 1.14. The van der Waals surface area contributed by atoms with Crippen LogP contribution in [0.15, 0.2) is 41.8 Å². The van der Waals surface area contributed by atoms with Crippen LogP contribution < -0.4 is 5.73 Å². The van der Waals surface area contributed by atoms with Crippen molar-refractivity contribution in [3.8, 4) is 11.4 Å². The van der Waals surface area contributed by atoms with Crippen LogP contribution in [0.2, 0.25) is 0 Å². The van der Waals surface area contributed by atoms with E-state index in [2.05, 4.69) is 10.1 Å². The summed E-state index contributed by atoms with van der Waals surface area (Å²) in [5, 5.41) is 6.05. The average Bonchev–Trinajstić information content (AvgIpc) is 3.07. The highest BCUT2D eigenvalue weighted by molar-refractivity contribution is 7.12. The molecule has 2 N–H and O–H groups in total. The topological polar surface area (TPSA) is 73.8 Å². The maximum absolute atomic E-state index is 12.2. The summed E-state index contributed by atoms with van der Waals surface area (Å²) in [7, 11) is 0. The van der Waals surface area contributed by atoms with Gasteiger partial charge in [0.1, 0.15) is 0 Å². The second-order valence-corrected chi connectivity index (χ2v) is 5.31. The summed E-state index contributed by atoms with van der Waals surface area (Å²) in [5.41, 5.74) is 7.74. The third-order valence-electron chi connectivity index (χ3n) is 2.83. The van der Waals surface area contributed by atoms with E-state index in [9.17, 15) is 4.79 Å². The van der Waals surface area contributed by atoms with Gasteiger partial charge in [0.15, 0.2) is 5.82 Å². The molecule has 0 atom stereocenters. The van der Waals surface area contributed by atoms with E-state index in [1.54, 1.807) is 6.07 Å². The van der Waals surface area contributed by atoms with Gasteiger partial charge < -0.3 is 5.73 Å². The molecular formula is C14H12N4OS. The summed E-state index contributed by atoms with van der Waals surface area (Å²) >= 11 is 1.35. The van der Waals surface area contributed by atoms with E-state index in [1.165, 1.54) is 11.3 Å². The Labute approximate surface area is 119 Å². The van der Waals surface area contributed by atoms with Crippen molar-refractivity contribution in [3.05, 3.63) is 52.2 Å². The van der Waals surface area contributed by atoms with Crippen LogP contribution >= 0.6 is 11.3 Å². The van der Waals surface area contributed by atoms with Crippen LogP contribution in [0.3, 0.4) is 0 Å². The second-order valence-electron chi connectivity index (χ2n) is 4.36. The highest BCUT2D eigenvalue weighted by atomic mass is 32.1. The Kier molecular flexibility index (Phi) is 3.08. The van der Waals surface area contributed by atoms with E-state index in [0.29, 0.717) is 10.7 Å². The summed E-state index contributed by atoms with van der Waals surface area (Å²) in [5.74, 6) is 0.292. The van der Waals surface area contributed by atoms with Gasteiger partial charge in [-0.3, -0.25) is 4.79 Å². The number of hydrogen-bond acceptors (Lipinski definition) is 5. The monoisotopic (exact) mass is 284 g/mol.